The summed E-state index contributed by atoms with van der Waals surface area (Å²) in [7, 11) is 0. The Morgan fingerprint density at radius 2 is 1.89 bits per heavy atom. The van der Waals surface area contributed by atoms with Crippen LogP contribution in [0, 0.1) is 20.8 Å². The van der Waals surface area contributed by atoms with E-state index in [9.17, 15) is 9.59 Å². The standard InChI is InChI=1S/C26H30N6O4/c1-16-9-10-17(2)19(14-16)32(23(20-8-7-13-35-20)25(34)27-26(4,5)6)22(33)15-31-29-24(28-30-31)21-12-11-18(3)36-21/h7-14,23H,15H2,1-6H3,(H,27,34)/t23-/m0/s1. The van der Waals surface area contributed by atoms with Crippen molar-refractivity contribution in [1.82, 2.24) is 25.5 Å². The molecule has 0 saturated heterocycles. The third-order valence-electron chi connectivity index (χ3n) is 5.40. The number of aromatic nitrogens is 4. The van der Waals surface area contributed by atoms with Gasteiger partial charge in [0.2, 0.25) is 5.82 Å². The molecule has 0 aliphatic heterocycles. The van der Waals surface area contributed by atoms with Gasteiger partial charge < -0.3 is 14.2 Å². The van der Waals surface area contributed by atoms with Gasteiger partial charge in [-0.1, -0.05) is 12.1 Å². The summed E-state index contributed by atoms with van der Waals surface area (Å²) in [6, 6.07) is 11.6. The third kappa shape index (κ3) is 5.54. The second kappa shape index (κ2) is 9.80. The van der Waals surface area contributed by atoms with Crippen LogP contribution in [0.5, 0.6) is 0 Å². The molecule has 0 radical (unpaired) electrons. The lowest BCUT2D eigenvalue weighted by atomic mass is 10.0. The van der Waals surface area contributed by atoms with E-state index in [1.165, 1.54) is 16.0 Å². The summed E-state index contributed by atoms with van der Waals surface area (Å²) in [4.78, 5) is 30.1. The highest BCUT2D eigenvalue weighted by molar-refractivity contribution is 6.01. The number of aryl methyl sites for hydroxylation is 3. The molecule has 0 bridgehead atoms. The van der Waals surface area contributed by atoms with Gasteiger partial charge in [-0.2, -0.15) is 4.80 Å². The summed E-state index contributed by atoms with van der Waals surface area (Å²) in [6.45, 7) is 11.0. The summed E-state index contributed by atoms with van der Waals surface area (Å²) in [5.41, 5.74) is 1.83. The molecule has 4 aromatic rings. The number of amides is 2. The Balaban J connectivity index is 1.75. The fourth-order valence-electron chi connectivity index (χ4n) is 3.82. The van der Waals surface area contributed by atoms with Crippen LogP contribution >= 0.6 is 0 Å². The van der Waals surface area contributed by atoms with Crippen molar-refractivity contribution in [3.63, 3.8) is 0 Å². The smallest absolute Gasteiger partial charge is 0.251 e. The number of tetrazole rings is 1. The van der Waals surface area contributed by atoms with Crippen LogP contribution in [0.3, 0.4) is 0 Å². The lowest BCUT2D eigenvalue weighted by Gasteiger charge is -2.33. The predicted octanol–water partition coefficient (Wildman–Crippen LogP) is 4.14. The van der Waals surface area contributed by atoms with Crippen molar-refractivity contribution in [2.45, 2.75) is 59.7 Å². The topological polar surface area (TPSA) is 119 Å². The Morgan fingerprint density at radius 3 is 2.53 bits per heavy atom. The maximum Gasteiger partial charge on any atom is 0.251 e. The molecule has 10 heteroatoms. The molecule has 1 N–H and O–H groups in total. The number of nitrogens with one attached hydrogen (secondary N) is 1. The van der Waals surface area contributed by atoms with Gasteiger partial charge in [-0.25, -0.2) is 0 Å². The van der Waals surface area contributed by atoms with Crippen molar-refractivity contribution in [3.8, 4) is 11.6 Å². The van der Waals surface area contributed by atoms with Gasteiger partial charge in [-0.05, 0) is 88.2 Å². The van der Waals surface area contributed by atoms with Crippen molar-refractivity contribution in [3.05, 3.63) is 71.4 Å². The van der Waals surface area contributed by atoms with E-state index >= 15 is 0 Å². The maximum absolute atomic E-state index is 13.9. The Kier molecular flexibility index (Phi) is 6.78. The van der Waals surface area contributed by atoms with Crippen LogP contribution < -0.4 is 10.2 Å². The van der Waals surface area contributed by atoms with E-state index in [1.807, 2.05) is 59.7 Å². The number of anilines is 1. The largest absolute Gasteiger partial charge is 0.467 e. The van der Waals surface area contributed by atoms with Crippen LogP contribution in [0.4, 0.5) is 5.69 Å². The molecule has 0 unspecified atom stereocenters. The molecule has 36 heavy (non-hydrogen) atoms. The second-order valence-electron chi connectivity index (χ2n) is 9.76. The average molecular weight is 491 g/mol. The first kappa shape index (κ1) is 24.9. The van der Waals surface area contributed by atoms with Gasteiger partial charge in [0.05, 0.1) is 6.26 Å². The number of rotatable bonds is 7. The Bertz CT molecular complexity index is 1360. The maximum atomic E-state index is 13.9. The van der Waals surface area contributed by atoms with Gasteiger partial charge in [0.15, 0.2) is 11.8 Å². The zero-order valence-electron chi connectivity index (χ0n) is 21.3. The average Bonchev–Trinajstić information content (AvgIpc) is 3.54. The molecular weight excluding hydrogens is 460 g/mol. The molecule has 188 valence electrons. The van der Waals surface area contributed by atoms with Crippen LogP contribution in [0.15, 0.2) is 57.6 Å². The van der Waals surface area contributed by atoms with Gasteiger partial charge in [-0.15, -0.1) is 10.2 Å². The normalized spacial score (nSPS) is 12.4. The summed E-state index contributed by atoms with van der Waals surface area (Å²) in [5.74, 6) is 0.991. The fraction of sp³-hybridized carbons (Fsp3) is 0.346. The van der Waals surface area contributed by atoms with Crippen LogP contribution in [0.1, 0.15) is 49.5 Å². The molecule has 0 aliphatic carbocycles. The molecule has 10 nitrogen and oxygen atoms in total. The zero-order valence-corrected chi connectivity index (χ0v) is 21.3. The van der Waals surface area contributed by atoms with Gasteiger partial charge >= 0.3 is 0 Å². The van der Waals surface area contributed by atoms with Crippen molar-refractivity contribution < 1.29 is 18.4 Å². The fourth-order valence-corrected chi connectivity index (χ4v) is 3.82. The summed E-state index contributed by atoms with van der Waals surface area (Å²) < 4.78 is 11.2. The molecule has 1 atom stereocenters. The Morgan fingerprint density at radius 1 is 1.11 bits per heavy atom. The number of carbonyl (C=O) groups is 2. The molecule has 4 rings (SSSR count). The second-order valence-corrected chi connectivity index (χ2v) is 9.76. The molecule has 2 amide bonds. The molecule has 0 saturated carbocycles. The quantitative estimate of drug-likeness (QED) is 0.413. The third-order valence-corrected chi connectivity index (χ3v) is 5.40. The van der Waals surface area contributed by atoms with E-state index in [0.29, 0.717) is 23.0 Å². The predicted molar refractivity (Wildman–Crippen MR) is 133 cm³/mol. The van der Waals surface area contributed by atoms with E-state index < -0.39 is 17.5 Å². The van der Waals surface area contributed by atoms with E-state index in [4.69, 9.17) is 8.83 Å². The van der Waals surface area contributed by atoms with E-state index in [0.717, 1.165) is 11.1 Å². The van der Waals surface area contributed by atoms with E-state index in [1.54, 1.807) is 24.3 Å². The number of nitrogens with zero attached hydrogens (tertiary/aromatic N) is 5. The SMILES string of the molecule is Cc1ccc(C)c(N(C(=O)Cn2nnc(-c3ccc(C)o3)n2)[C@H](C(=O)NC(C)(C)C)c2ccco2)c1. The lowest BCUT2D eigenvalue weighted by molar-refractivity contribution is -0.128. The highest BCUT2D eigenvalue weighted by Gasteiger charge is 2.37. The van der Waals surface area contributed by atoms with Crippen molar-refractivity contribution >= 4 is 17.5 Å². The number of furan rings is 2. The van der Waals surface area contributed by atoms with Crippen LogP contribution in [-0.4, -0.2) is 37.6 Å². The first-order valence-corrected chi connectivity index (χ1v) is 11.6. The van der Waals surface area contributed by atoms with Gasteiger partial charge in [0.1, 0.15) is 18.1 Å². The molecule has 0 fully saturated rings. The van der Waals surface area contributed by atoms with E-state index in [-0.39, 0.29) is 18.3 Å². The minimum absolute atomic E-state index is 0.250. The summed E-state index contributed by atoms with van der Waals surface area (Å²) in [5, 5.41) is 15.3. The molecule has 0 aliphatic rings. The highest BCUT2D eigenvalue weighted by atomic mass is 16.3. The number of hydrogen-bond donors (Lipinski definition) is 1. The minimum atomic E-state index is -1.05. The minimum Gasteiger partial charge on any atom is -0.467 e. The van der Waals surface area contributed by atoms with Gasteiger partial charge in [0, 0.05) is 11.2 Å². The first-order valence-electron chi connectivity index (χ1n) is 11.6. The molecule has 3 heterocycles. The summed E-state index contributed by atoms with van der Waals surface area (Å²) >= 11 is 0. The van der Waals surface area contributed by atoms with Gasteiger partial charge in [-0.3, -0.25) is 14.5 Å². The van der Waals surface area contributed by atoms with Crippen molar-refractivity contribution in [2.24, 2.45) is 0 Å². The van der Waals surface area contributed by atoms with Gasteiger partial charge in [0.25, 0.3) is 11.8 Å². The monoisotopic (exact) mass is 490 g/mol. The van der Waals surface area contributed by atoms with Crippen molar-refractivity contribution in [1.29, 1.82) is 0 Å². The Hall–Kier alpha value is -4.21. The molecular formula is C26H30N6O4. The first-order chi connectivity index (χ1) is 17.0. The summed E-state index contributed by atoms with van der Waals surface area (Å²) in [6.07, 6.45) is 1.48. The number of carbonyl (C=O) groups excluding carboxylic acids is 2. The van der Waals surface area contributed by atoms with Crippen molar-refractivity contribution in [2.75, 3.05) is 4.90 Å². The number of hydrogen-bond acceptors (Lipinski definition) is 7. The van der Waals surface area contributed by atoms with Crippen LogP contribution in [0.2, 0.25) is 0 Å². The Labute approximate surface area is 209 Å². The molecule has 1 aromatic carbocycles. The molecule has 0 spiro atoms. The highest BCUT2D eigenvalue weighted by Crippen LogP contribution is 2.32. The molecule has 3 aromatic heterocycles. The van der Waals surface area contributed by atoms with Crippen LogP contribution in [-0.2, 0) is 16.1 Å². The lowest BCUT2D eigenvalue weighted by Crippen LogP contribution is -2.50. The van der Waals surface area contributed by atoms with E-state index in [2.05, 4.69) is 20.7 Å². The van der Waals surface area contributed by atoms with Crippen LogP contribution in [0.25, 0.3) is 11.6 Å². The zero-order chi connectivity index (χ0) is 26.0. The number of benzene rings is 1.